The normalized spacial score (nSPS) is 26.8. The summed E-state index contributed by atoms with van der Waals surface area (Å²) in [5, 5.41) is 2.91. The molecule has 3 heteroatoms. The van der Waals surface area contributed by atoms with E-state index in [0.29, 0.717) is 5.82 Å². The van der Waals surface area contributed by atoms with Gasteiger partial charge in [0.25, 0.3) is 0 Å². The number of carbonyl (C=O) groups is 1. The Kier molecular flexibility index (Phi) is 3.14. The van der Waals surface area contributed by atoms with Crippen molar-refractivity contribution in [1.82, 2.24) is 5.32 Å². The molecule has 1 rings (SSSR count). The molecule has 12 heavy (non-hydrogen) atoms. The highest BCUT2D eigenvalue weighted by atomic mass is 16.1. The first kappa shape index (κ1) is 9.11. The highest BCUT2D eigenvalue weighted by Crippen LogP contribution is 2.17. The van der Waals surface area contributed by atoms with Crippen molar-refractivity contribution in [2.45, 2.75) is 25.6 Å². The molecule has 0 bridgehead atoms. The zero-order valence-corrected chi connectivity index (χ0v) is 7.58. The van der Waals surface area contributed by atoms with Gasteiger partial charge in [-0.1, -0.05) is 31.1 Å². The summed E-state index contributed by atoms with van der Waals surface area (Å²) in [6, 6.07) is 0.192. The molecule has 0 aromatic heterocycles. The number of allylic oxidation sites excluding steroid dienone is 2. The van der Waals surface area contributed by atoms with Crippen LogP contribution in [0.1, 0.15) is 6.92 Å². The molecule has 2 atom stereocenters. The van der Waals surface area contributed by atoms with Crippen LogP contribution in [0.4, 0.5) is 0 Å². The predicted molar refractivity (Wildman–Crippen MR) is 52.6 cm³/mol. The minimum Gasteiger partial charge on any atom is -0.350 e. The van der Waals surface area contributed by atoms with E-state index in [0.717, 1.165) is 7.28 Å². The van der Waals surface area contributed by atoms with Crippen LogP contribution in [0.3, 0.4) is 0 Å². The van der Waals surface area contributed by atoms with E-state index in [-0.39, 0.29) is 11.9 Å². The highest BCUT2D eigenvalue weighted by Gasteiger charge is 2.17. The lowest BCUT2D eigenvalue weighted by Gasteiger charge is -2.22. The van der Waals surface area contributed by atoms with Gasteiger partial charge >= 0.3 is 0 Å². The van der Waals surface area contributed by atoms with Crippen LogP contribution in [0, 0.1) is 0 Å². The van der Waals surface area contributed by atoms with Crippen LogP contribution < -0.4 is 5.32 Å². The van der Waals surface area contributed by atoms with Crippen molar-refractivity contribution >= 4 is 13.2 Å². The fourth-order valence-corrected chi connectivity index (χ4v) is 1.43. The standard InChI is InChI=1S/C9H14BNO/c1-7(12)11-9-6-4-3-5-8(9)10-2/h3-6,8-10H,1-2H3,(H,11,12). The Morgan fingerprint density at radius 2 is 2.08 bits per heavy atom. The van der Waals surface area contributed by atoms with Gasteiger partial charge in [0, 0.05) is 13.0 Å². The fraction of sp³-hybridized carbons (Fsp3) is 0.444. The van der Waals surface area contributed by atoms with Crippen molar-refractivity contribution < 1.29 is 4.79 Å². The smallest absolute Gasteiger partial charge is 0.217 e. The molecule has 1 aliphatic rings. The van der Waals surface area contributed by atoms with Crippen LogP contribution in [0.15, 0.2) is 24.3 Å². The quantitative estimate of drug-likeness (QED) is 0.601. The van der Waals surface area contributed by atoms with Gasteiger partial charge < -0.3 is 5.32 Å². The molecule has 64 valence electrons. The van der Waals surface area contributed by atoms with Crippen LogP contribution >= 0.6 is 0 Å². The Bertz CT molecular complexity index is 223. The third kappa shape index (κ3) is 2.26. The molecule has 0 aliphatic heterocycles. The summed E-state index contributed by atoms with van der Waals surface area (Å²) in [6.45, 7) is 3.68. The minimum absolute atomic E-state index is 0.0402. The van der Waals surface area contributed by atoms with E-state index in [4.69, 9.17) is 0 Å². The van der Waals surface area contributed by atoms with E-state index < -0.39 is 0 Å². The van der Waals surface area contributed by atoms with Crippen LogP contribution in [0.5, 0.6) is 0 Å². The molecule has 1 amide bonds. The summed E-state index contributed by atoms with van der Waals surface area (Å²) in [5.41, 5.74) is 0. The van der Waals surface area contributed by atoms with Crippen LogP contribution in [0.25, 0.3) is 0 Å². The third-order valence-corrected chi connectivity index (χ3v) is 2.09. The molecule has 0 spiro atoms. The lowest BCUT2D eigenvalue weighted by Crippen LogP contribution is -2.36. The Morgan fingerprint density at radius 3 is 2.67 bits per heavy atom. The molecule has 0 saturated carbocycles. The summed E-state index contributed by atoms with van der Waals surface area (Å²) in [5.74, 6) is 0.498. The van der Waals surface area contributed by atoms with Crippen LogP contribution in [-0.4, -0.2) is 19.2 Å². The fourth-order valence-electron chi connectivity index (χ4n) is 1.43. The van der Waals surface area contributed by atoms with E-state index in [1.54, 1.807) is 6.92 Å². The molecular weight excluding hydrogens is 149 g/mol. The molecule has 0 fully saturated rings. The Morgan fingerprint density at radius 1 is 1.42 bits per heavy atom. The molecule has 0 aromatic carbocycles. The summed E-state index contributed by atoms with van der Waals surface area (Å²) < 4.78 is 0. The average molecular weight is 163 g/mol. The van der Waals surface area contributed by atoms with Gasteiger partial charge in [0.05, 0.1) is 0 Å². The topological polar surface area (TPSA) is 29.1 Å². The maximum absolute atomic E-state index is 10.8. The molecule has 0 heterocycles. The molecule has 2 nitrogen and oxygen atoms in total. The molecule has 0 radical (unpaired) electrons. The minimum atomic E-state index is 0.0402. The van der Waals surface area contributed by atoms with Gasteiger partial charge in [-0.3, -0.25) is 4.79 Å². The van der Waals surface area contributed by atoms with E-state index >= 15 is 0 Å². The zero-order valence-electron chi connectivity index (χ0n) is 7.58. The van der Waals surface area contributed by atoms with Crippen LogP contribution in [0.2, 0.25) is 12.6 Å². The van der Waals surface area contributed by atoms with Crippen LogP contribution in [-0.2, 0) is 4.79 Å². The number of nitrogens with one attached hydrogen (secondary N) is 1. The van der Waals surface area contributed by atoms with Gasteiger partial charge in [-0.15, -0.1) is 0 Å². The molecule has 1 N–H and O–H groups in total. The third-order valence-electron chi connectivity index (χ3n) is 2.09. The highest BCUT2D eigenvalue weighted by molar-refractivity contribution is 6.37. The number of amides is 1. The molecule has 0 saturated heterocycles. The maximum atomic E-state index is 10.8. The van der Waals surface area contributed by atoms with Crippen molar-refractivity contribution in [2.24, 2.45) is 0 Å². The lowest BCUT2D eigenvalue weighted by atomic mass is 9.62. The Labute approximate surface area is 74.0 Å². The van der Waals surface area contributed by atoms with Crippen molar-refractivity contribution in [2.75, 3.05) is 0 Å². The zero-order chi connectivity index (χ0) is 8.97. The second-order valence-electron chi connectivity index (χ2n) is 3.07. The molecule has 2 unspecified atom stereocenters. The first-order chi connectivity index (χ1) is 5.74. The summed E-state index contributed by atoms with van der Waals surface area (Å²) in [6.07, 6.45) is 8.19. The summed E-state index contributed by atoms with van der Waals surface area (Å²) in [4.78, 5) is 10.8. The number of carbonyl (C=O) groups excluding carboxylic acids is 1. The number of rotatable bonds is 2. The Balaban J connectivity index is 2.56. The van der Waals surface area contributed by atoms with Gasteiger partial charge in [-0.05, 0) is 5.82 Å². The molecular formula is C9H14BNO. The predicted octanol–water partition coefficient (Wildman–Crippen LogP) is 0.890. The average Bonchev–Trinajstić information content (AvgIpc) is 2.04. The van der Waals surface area contributed by atoms with Gasteiger partial charge in [0.1, 0.15) is 7.28 Å². The van der Waals surface area contributed by atoms with Crippen molar-refractivity contribution in [3.8, 4) is 0 Å². The van der Waals surface area contributed by atoms with E-state index in [9.17, 15) is 4.79 Å². The van der Waals surface area contributed by atoms with E-state index in [2.05, 4.69) is 18.2 Å². The number of hydrogen-bond acceptors (Lipinski definition) is 1. The monoisotopic (exact) mass is 163 g/mol. The van der Waals surface area contributed by atoms with Gasteiger partial charge in [-0.2, -0.15) is 0 Å². The maximum Gasteiger partial charge on any atom is 0.217 e. The summed E-state index contributed by atoms with van der Waals surface area (Å²) in [7, 11) is 1.06. The van der Waals surface area contributed by atoms with Crippen molar-refractivity contribution in [3.05, 3.63) is 24.3 Å². The second kappa shape index (κ2) is 4.14. The Hall–Kier alpha value is -0.985. The first-order valence-corrected chi connectivity index (χ1v) is 4.36. The van der Waals surface area contributed by atoms with Gasteiger partial charge in [0.15, 0.2) is 0 Å². The lowest BCUT2D eigenvalue weighted by molar-refractivity contribution is -0.119. The second-order valence-corrected chi connectivity index (χ2v) is 3.07. The first-order valence-electron chi connectivity index (χ1n) is 4.36. The van der Waals surface area contributed by atoms with Crippen molar-refractivity contribution in [3.63, 3.8) is 0 Å². The number of hydrogen-bond donors (Lipinski definition) is 1. The van der Waals surface area contributed by atoms with Gasteiger partial charge in [-0.25, -0.2) is 0 Å². The van der Waals surface area contributed by atoms with E-state index in [1.807, 2.05) is 18.2 Å². The molecule has 1 aliphatic carbocycles. The largest absolute Gasteiger partial charge is 0.350 e. The SMILES string of the molecule is CBC1C=CC=CC1NC(C)=O. The summed E-state index contributed by atoms with van der Waals surface area (Å²) >= 11 is 0. The van der Waals surface area contributed by atoms with Crippen molar-refractivity contribution in [1.29, 1.82) is 0 Å². The van der Waals surface area contributed by atoms with Gasteiger partial charge in [0.2, 0.25) is 5.91 Å². The molecule has 0 aromatic rings. The van der Waals surface area contributed by atoms with E-state index in [1.165, 1.54) is 0 Å².